The molecule has 0 aliphatic heterocycles. The van der Waals surface area contributed by atoms with Gasteiger partial charge < -0.3 is 0 Å². The van der Waals surface area contributed by atoms with E-state index in [1.54, 1.807) is 0 Å². The molecule has 0 radical (unpaired) electrons. The number of halogens is 1. The van der Waals surface area contributed by atoms with Crippen LogP contribution in [0.5, 0.6) is 0 Å². The fourth-order valence-electron chi connectivity index (χ4n) is 3.64. The molecule has 0 saturated heterocycles. The molecule has 0 saturated carbocycles. The summed E-state index contributed by atoms with van der Waals surface area (Å²) < 4.78 is 0.884. The first-order valence-corrected chi connectivity index (χ1v) is 7.87. The number of benzene rings is 2. The first kappa shape index (κ1) is 13.0. The predicted octanol–water partition coefficient (Wildman–Crippen LogP) is 4.00. The van der Waals surface area contributed by atoms with Crippen molar-refractivity contribution in [3.8, 4) is 0 Å². The molecule has 0 unspecified atom stereocenters. The number of carbonyl (C=O) groups is 2. The Labute approximate surface area is 131 Å². The van der Waals surface area contributed by atoms with Crippen LogP contribution in [0.1, 0.15) is 38.3 Å². The number of carbonyl (C=O) groups excluding carboxylic acids is 2. The largest absolute Gasteiger partial charge is 0.293 e. The summed E-state index contributed by atoms with van der Waals surface area (Å²) in [4.78, 5) is 25.9. The molecule has 0 bridgehead atoms. The molecule has 0 fully saturated rings. The molecule has 2 aromatic rings. The molecule has 4 rings (SSSR count). The average molecular weight is 341 g/mol. The monoisotopic (exact) mass is 340 g/mol. The predicted molar refractivity (Wildman–Crippen MR) is 83.7 cm³/mol. The number of rotatable bonds is 0. The van der Waals surface area contributed by atoms with E-state index in [1.165, 1.54) is 0 Å². The Hall–Kier alpha value is -1.74. The Morgan fingerprint density at radius 1 is 0.905 bits per heavy atom. The lowest BCUT2D eigenvalue weighted by Gasteiger charge is -2.31. The van der Waals surface area contributed by atoms with Gasteiger partial charge in [0.2, 0.25) is 0 Å². The van der Waals surface area contributed by atoms with Gasteiger partial charge in [0.05, 0.1) is 0 Å². The zero-order valence-corrected chi connectivity index (χ0v) is 12.9. The summed E-state index contributed by atoms with van der Waals surface area (Å²) in [5, 5.41) is 0. The summed E-state index contributed by atoms with van der Waals surface area (Å²) in [6.07, 6.45) is 1.95. The second kappa shape index (κ2) is 4.38. The first-order chi connectivity index (χ1) is 10.1. The van der Waals surface area contributed by atoms with Crippen molar-refractivity contribution in [3.05, 3.63) is 69.2 Å². The van der Waals surface area contributed by atoms with E-state index in [4.69, 9.17) is 0 Å². The third kappa shape index (κ3) is 1.70. The minimum Gasteiger partial charge on any atom is -0.293 e. The molecule has 2 aliphatic carbocycles. The lowest BCUT2D eigenvalue weighted by molar-refractivity contribution is 0.0655. The van der Waals surface area contributed by atoms with E-state index >= 15 is 0 Å². The van der Waals surface area contributed by atoms with Crippen molar-refractivity contribution in [2.75, 3.05) is 0 Å². The van der Waals surface area contributed by atoms with Crippen molar-refractivity contribution in [1.82, 2.24) is 0 Å². The van der Waals surface area contributed by atoms with Gasteiger partial charge in [-0.25, -0.2) is 0 Å². The smallest absolute Gasteiger partial charge is 0.177 e. The highest BCUT2D eigenvalue weighted by Gasteiger charge is 2.52. The van der Waals surface area contributed by atoms with Gasteiger partial charge in [0.15, 0.2) is 11.6 Å². The SMILES string of the molecule is O=C1c2cc(Br)ccc2CC[C@@]12Cc1ccccc1C2=O. The van der Waals surface area contributed by atoms with Gasteiger partial charge in [-0.15, -0.1) is 0 Å². The maximum absolute atomic E-state index is 13.0. The number of aryl methyl sites for hydroxylation is 1. The molecule has 0 aromatic heterocycles. The number of fused-ring (bicyclic) bond motifs is 2. The third-order valence-corrected chi connectivity index (χ3v) is 5.25. The first-order valence-electron chi connectivity index (χ1n) is 7.08. The van der Waals surface area contributed by atoms with Crippen LogP contribution in [-0.4, -0.2) is 11.6 Å². The van der Waals surface area contributed by atoms with Crippen LogP contribution in [-0.2, 0) is 12.8 Å². The molecule has 0 heterocycles. The van der Waals surface area contributed by atoms with E-state index in [2.05, 4.69) is 15.9 Å². The molecular weight excluding hydrogens is 328 g/mol. The van der Waals surface area contributed by atoms with Crippen LogP contribution >= 0.6 is 15.9 Å². The van der Waals surface area contributed by atoms with E-state index in [0.717, 1.165) is 27.6 Å². The minimum atomic E-state index is -0.864. The van der Waals surface area contributed by atoms with Crippen LogP contribution in [0.25, 0.3) is 0 Å². The lowest BCUT2D eigenvalue weighted by atomic mass is 9.68. The van der Waals surface area contributed by atoms with E-state index in [1.807, 2.05) is 42.5 Å². The molecule has 1 atom stereocenters. The highest BCUT2D eigenvalue weighted by molar-refractivity contribution is 9.10. The maximum atomic E-state index is 13.0. The fraction of sp³-hybridized carbons (Fsp3) is 0.222. The molecule has 0 N–H and O–H groups in total. The van der Waals surface area contributed by atoms with Gasteiger partial charge >= 0.3 is 0 Å². The summed E-state index contributed by atoms with van der Waals surface area (Å²) in [7, 11) is 0. The van der Waals surface area contributed by atoms with Crippen molar-refractivity contribution in [3.63, 3.8) is 0 Å². The molecule has 2 aromatic carbocycles. The molecule has 1 spiro atoms. The van der Waals surface area contributed by atoms with Gasteiger partial charge in [-0.3, -0.25) is 9.59 Å². The van der Waals surface area contributed by atoms with Crippen LogP contribution in [0.15, 0.2) is 46.9 Å². The van der Waals surface area contributed by atoms with Crippen molar-refractivity contribution < 1.29 is 9.59 Å². The molecule has 21 heavy (non-hydrogen) atoms. The molecular formula is C18H13BrO2. The maximum Gasteiger partial charge on any atom is 0.177 e. The van der Waals surface area contributed by atoms with Gasteiger partial charge in [-0.1, -0.05) is 46.3 Å². The highest BCUT2D eigenvalue weighted by atomic mass is 79.9. The summed E-state index contributed by atoms with van der Waals surface area (Å²) in [6.45, 7) is 0. The van der Waals surface area contributed by atoms with E-state index in [-0.39, 0.29) is 11.6 Å². The van der Waals surface area contributed by atoms with Crippen LogP contribution < -0.4 is 0 Å². The molecule has 0 amide bonds. The van der Waals surface area contributed by atoms with Gasteiger partial charge in [-0.2, -0.15) is 0 Å². The van der Waals surface area contributed by atoms with Gasteiger partial charge in [0.25, 0.3) is 0 Å². The zero-order valence-electron chi connectivity index (χ0n) is 11.4. The Bertz CT molecular complexity index is 794. The second-order valence-corrected chi connectivity index (χ2v) is 6.79. The normalized spacial score (nSPS) is 23.3. The summed E-state index contributed by atoms with van der Waals surface area (Å²) in [5.74, 6) is -0.0000227. The molecule has 2 nitrogen and oxygen atoms in total. The molecule has 2 aliphatic rings. The van der Waals surface area contributed by atoms with Crippen LogP contribution in [0.4, 0.5) is 0 Å². The second-order valence-electron chi connectivity index (χ2n) is 5.88. The number of hydrogen-bond acceptors (Lipinski definition) is 2. The van der Waals surface area contributed by atoms with Crippen molar-refractivity contribution in [2.24, 2.45) is 5.41 Å². The quantitative estimate of drug-likeness (QED) is 0.679. The number of ketones is 2. The van der Waals surface area contributed by atoms with Crippen LogP contribution in [0.2, 0.25) is 0 Å². The zero-order chi connectivity index (χ0) is 14.6. The average Bonchev–Trinajstić information content (AvgIpc) is 2.78. The summed E-state index contributed by atoms with van der Waals surface area (Å²) in [5.41, 5.74) is 2.63. The summed E-state index contributed by atoms with van der Waals surface area (Å²) in [6, 6.07) is 13.4. The number of hydrogen-bond donors (Lipinski definition) is 0. The number of Topliss-reactive ketones (excluding diaryl/α,β-unsaturated/α-hetero) is 2. The molecule has 3 heteroatoms. The fourth-order valence-corrected chi connectivity index (χ4v) is 4.00. The molecule has 104 valence electrons. The Kier molecular flexibility index (Phi) is 2.70. The van der Waals surface area contributed by atoms with E-state index < -0.39 is 5.41 Å². The van der Waals surface area contributed by atoms with Crippen molar-refractivity contribution >= 4 is 27.5 Å². The standard InChI is InChI=1S/C18H13BrO2/c19-13-6-5-11-7-8-18(17(21)15(11)9-13)10-12-3-1-2-4-14(12)16(18)20/h1-6,9H,7-8,10H2/t18-/m0/s1. The Morgan fingerprint density at radius 2 is 1.67 bits per heavy atom. The van der Waals surface area contributed by atoms with E-state index in [9.17, 15) is 9.59 Å². The van der Waals surface area contributed by atoms with Gasteiger partial charge in [-0.05, 0) is 42.5 Å². The lowest BCUT2D eigenvalue weighted by Crippen LogP contribution is -2.41. The van der Waals surface area contributed by atoms with Gasteiger partial charge in [0.1, 0.15) is 5.41 Å². The van der Waals surface area contributed by atoms with Crippen LogP contribution in [0, 0.1) is 5.41 Å². The third-order valence-electron chi connectivity index (χ3n) is 4.76. The van der Waals surface area contributed by atoms with Gasteiger partial charge in [0, 0.05) is 15.6 Å². The van der Waals surface area contributed by atoms with E-state index in [0.29, 0.717) is 18.4 Å². The van der Waals surface area contributed by atoms with Crippen molar-refractivity contribution in [2.45, 2.75) is 19.3 Å². The van der Waals surface area contributed by atoms with Crippen LogP contribution in [0.3, 0.4) is 0 Å². The Morgan fingerprint density at radius 3 is 2.48 bits per heavy atom. The van der Waals surface area contributed by atoms with Crippen molar-refractivity contribution in [1.29, 1.82) is 0 Å². The topological polar surface area (TPSA) is 34.1 Å². The summed E-state index contributed by atoms with van der Waals surface area (Å²) >= 11 is 3.42. The Balaban J connectivity index is 1.86. The minimum absolute atomic E-state index is 0.00808. The highest BCUT2D eigenvalue weighted by Crippen LogP contribution is 2.46.